The van der Waals surface area contributed by atoms with Crippen molar-refractivity contribution in [3.05, 3.63) is 88.7 Å². The molecule has 6 heteroatoms. The van der Waals surface area contributed by atoms with Crippen LogP contribution in [0.2, 0.25) is 5.02 Å². The van der Waals surface area contributed by atoms with E-state index < -0.39 is 5.41 Å². The summed E-state index contributed by atoms with van der Waals surface area (Å²) in [6, 6.07) is 19.8. The topological polar surface area (TPSA) is 69.2 Å². The number of imidazole rings is 1. The Balaban J connectivity index is 1.93. The number of aromatic hydroxyl groups is 1. The van der Waals surface area contributed by atoms with E-state index in [0.29, 0.717) is 22.1 Å². The lowest BCUT2D eigenvalue weighted by Crippen LogP contribution is -2.41. The van der Waals surface area contributed by atoms with Crippen LogP contribution >= 0.6 is 11.6 Å². The van der Waals surface area contributed by atoms with Crippen LogP contribution in [0.15, 0.2) is 66.7 Å². The zero-order chi connectivity index (χ0) is 19.5. The zero-order valence-corrected chi connectivity index (χ0v) is 15.7. The van der Waals surface area contributed by atoms with Gasteiger partial charge in [-0.3, -0.25) is 4.79 Å². The van der Waals surface area contributed by atoms with Crippen LogP contribution in [0.4, 0.5) is 5.69 Å². The van der Waals surface area contributed by atoms with Crippen molar-refractivity contribution < 1.29 is 9.90 Å². The number of rotatable bonds is 2. The first-order valence-electron chi connectivity index (χ1n) is 8.85. The molecule has 1 unspecified atom stereocenters. The number of benzene rings is 3. The van der Waals surface area contributed by atoms with Gasteiger partial charge in [0.2, 0.25) is 5.91 Å². The molecule has 3 aromatic carbocycles. The van der Waals surface area contributed by atoms with Crippen molar-refractivity contribution in [2.24, 2.45) is 0 Å². The van der Waals surface area contributed by atoms with E-state index in [4.69, 9.17) is 16.6 Å². The summed E-state index contributed by atoms with van der Waals surface area (Å²) in [5, 5.41) is 11.3. The van der Waals surface area contributed by atoms with Crippen LogP contribution in [0, 0.1) is 0 Å². The van der Waals surface area contributed by atoms with Crippen LogP contribution in [0.5, 0.6) is 5.75 Å². The Morgan fingerprint density at radius 2 is 1.79 bits per heavy atom. The Morgan fingerprint density at radius 3 is 2.57 bits per heavy atom. The summed E-state index contributed by atoms with van der Waals surface area (Å²) in [5.74, 6) is 0.297. The first kappa shape index (κ1) is 16.8. The molecule has 138 valence electrons. The number of H-pyrrole nitrogens is 1. The number of amides is 1. The van der Waals surface area contributed by atoms with Gasteiger partial charge in [-0.2, -0.15) is 0 Å². The highest BCUT2D eigenvalue weighted by Gasteiger charge is 2.55. The molecule has 0 saturated heterocycles. The summed E-state index contributed by atoms with van der Waals surface area (Å²) >= 11 is 6.21. The second-order valence-corrected chi connectivity index (χ2v) is 7.33. The fraction of sp³-hybridized carbons (Fsp3) is 0.0909. The average Bonchev–Trinajstić information content (AvgIpc) is 3.22. The van der Waals surface area contributed by atoms with Crippen LogP contribution in [0.25, 0.3) is 11.0 Å². The minimum absolute atomic E-state index is 0.0347. The van der Waals surface area contributed by atoms with Gasteiger partial charge in [-0.15, -0.1) is 0 Å². The number of hydrogen-bond donors (Lipinski definition) is 2. The third-order valence-electron chi connectivity index (χ3n) is 5.40. The van der Waals surface area contributed by atoms with Gasteiger partial charge in [-0.1, -0.05) is 48.0 Å². The molecule has 28 heavy (non-hydrogen) atoms. The van der Waals surface area contributed by atoms with E-state index in [1.54, 1.807) is 48.3 Å². The Labute approximate surface area is 166 Å². The molecule has 5 rings (SSSR count). The number of fused-ring (bicyclic) bond motifs is 2. The number of carbonyl (C=O) groups excluding carboxylic acids is 1. The number of halogens is 1. The standard InChI is InChI=1S/C22H16ClN3O2/c1-26-18-12-13(23)10-11-14(18)22(21(26)28,15-6-2-5-9-19(15)27)20-24-16-7-3-4-8-17(16)25-20/h2-12,27H,1H3,(H,24,25). The largest absolute Gasteiger partial charge is 0.508 e. The van der Waals surface area contributed by atoms with Crippen molar-refractivity contribution >= 4 is 34.2 Å². The van der Waals surface area contributed by atoms with Gasteiger partial charge in [0, 0.05) is 28.9 Å². The van der Waals surface area contributed by atoms with Crippen molar-refractivity contribution in [2.45, 2.75) is 5.41 Å². The Kier molecular flexibility index (Phi) is 3.51. The highest BCUT2D eigenvalue weighted by Crippen LogP contribution is 2.51. The minimum atomic E-state index is -1.29. The van der Waals surface area contributed by atoms with Crippen LogP contribution < -0.4 is 4.90 Å². The maximum Gasteiger partial charge on any atom is 0.249 e. The van der Waals surface area contributed by atoms with Gasteiger partial charge in [0.25, 0.3) is 0 Å². The van der Waals surface area contributed by atoms with E-state index in [1.165, 1.54) is 0 Å². The highest BCUT2D eigenvalue weighted by atomic mass is 35.5. The molecule has 0 saturated carbocycles. The van der Waals surface area contributed by atoms with E-state index >= 15 is 0 Å². The molecule has 1 atom stereocenters. The number of aromatic nitrogens is 2. The molecule has 0 radical (unpaired) electrons. The number of phenolic OH excluding ortho intramolecular Hbond substituents is 1. The van der Waals surface area contributed by atoms with Crippen LogP contribution in [-0.4, -0.2) is 28.0 Å². The lowest BCUT2D eigenvalue weighted by atomic mass is 9.74. The minimum Gasteiger partial charge on any atom is -0.508 e. The number of likely N-dealkylation sites (N-methyl/N-ethyl adjacent to an activating group) is 1. The summed E-state index contributed by atoms with van der Waals surface area (Å²) in [7, 11) is 1.71. The van der Waals surface area contributed by atoms with Crippen LogP contribution in [0.1, 0.15) is 17.0 Å². The number of hydrogen-bond acceptors (Lipinski definition) is 3. The van der Waals surface area contributed by atoms with Gasteiger partial charge in [-0.05, 0) is 30.3 Å². The molecular formula is C22H16ClN3O2. The first-order chi connectivity index (χ1) is 13.5. The second kappa shape index (κ2) is 5.84. The molecule has 0 aliphatic carbocycles. The van der Waals surface area contributed by atoms with Gasteiger partial charge >= 0.3 is 0 Å². The first-order valence-corrected chi connectivity index (χ1v) is 9.23. The molecule has 1 aliphatic rings. The predicted molar refractivity (Wildman–Crippen MR) is 109 cm³/mol. The monoisotopic (exact) mass is 389 g/mol. The fourth-order valence-corrected chi connectivity index (χ4v) is 4.28. The maximum atomic E-state index is 13.7. The molecule has 1 aromatic heterocycles. The van der Waals surface area contributed by atoms with Gasteiger partial charge in [0.15, 0.2) is 5.41 Å². The molecule has 5 nitrogen and oxygen atoms in total. The highest BCUT2D eigenvalue weighted by molar-refractivity contribution is 6.31. The number of aromatic amines is 1. The molecule has 1 amide bonds. The van der Waals surface area contributed by atoms with E-state index in [2.05, 4.69) is 4.98 Å². The number of carbonyl (C=O) groups is 1. The summed E-state index contributed by atoms with van der Waals surface area (Å²) in [6.45, 7) is 0. The Morgan fingerprint density at radius 1 is 1.04 bits per heavy atom. The SMILES string of the molecule is CN1C(=O)C(c2nc3ccccc3[nH]2)(c2ccccc2O)c2ccc(Cl)cc21. The van der Waals surface area contributed by atoms with Gasteiger partial charge < -0.3 is 15.0 Å². The molecule has 4 aromatic rings. The van der Waals surface area contributed by atoms with E-state index in [1.807, 2.05) is 30.3 Å². The fourth-order valence-electron chi connectivity index (χ4n) is 4.11. The van der Waals surface area contributed by atoms with E-state index in [9.17, 15) is 9.90 Å². The lowest BCUT2D eigenvalue weighted by Gasteiger charge is -2.27. The van der Waals surface area contributed by atoms with Crippen LogP contribution in [-0.2, 0) is 10.2 Å². The number of nitrogens with one attached hydrogen (secondary N) is 1. The Bertz CT molecular complexity index is 1220. The summed E-state index contributed by atoms with van der Waals surface area (Å²) < 4.78 is 0. The number of anilines is 1. The molecule has 0 bridgehead atoms. The molecule has 2 N–H and O–H groups in total. The number of para-hydroxylation sites is 3. The van der Waals surface area contributed by atoms with Crippen molar-refractivity contribution in [1.82, 2.24) is 9.97 Å². The van der Waals surface area contributed by atoms with Gasteiger partial charge in [0.05, 0.1) is 11.0 Å². The maximum absolute atomic E-state index is 13.7. The van der Waals surface area contributed by atoms with Gasteiger partial charge in [-0.25, -0.2) is 4.98 Å². The van der Waals surface area contributed by atoms with Crippen molar-refractivity contribution in [3.63, 3.8) is 0 Å². The summed E-state index contributed by atoms with van der Waals surface area (Å²) in [5.41, 5.74) is 2.19. The van der Waals surface area contributed by atoms with E-state index in [-0.39, 0.29) is 11.7 Å². The summed E-state index contributed by atoms with van der Waals surface area (Å²) in [6.07, 6.45) is 0. The molecule has 0 fully saturated rings. The third kappa shape index (κ3) is 2.08. The van der Waals surface area contributed by atoms with Crippen molar-refractivity contribution in [3.8, 4) is 5.75 Å². The number of nitrogens with zero attached hydrogens (tertiary/aromatic N) is 2. The molecular weight excluding hydrogens is 374 g/mol. The average molecular weight is 390 g/mol. The molecule has 2 heterocycles. The zero-order valence-electron chi connectivity index (χ0n) is 15.0. The normalized spacial score (nSPS) is 18.6. The molecule has 1 aliphatic heterocycles. The predicted octanol–water partition coefficient (Wildman–Crippen LogP) is 4.23. The van der Waals surface area contributed by atoms with Gasteiger partial charge in [0.1, 0.15) is 11.6 Å². The molecule has 0 spiro atoms. The quantitative estimate of drug-likeness (QED) is 0.539. The van der Waals surface area contributed by atoms with E-state index in [0.717, 1.165) is 16.6 Å². The lowest BCUT2D eigenvalue weighted by molar-refractivity contribution is -0.120. The van der Waals surface area contributed by atoms with Crippen molar-refractivity contribution in [2.75, 3.05) is 11.9 Å². The number of phenols is 1. The smallest absolute Gasteiger partial charge is 0.249 e. The third-order valence-corrected chi connectivity index (χ3v) is 5.64. The van der Waals surface area contributed by atoms with Crippen LogP contribution in [0.3, 0.4) is 0 Å². The Hall–Kier alpha value is -3.31. The van der Waals surface area contributed by atoms with Crippen molar-refractivity contribution in [1.29, 1.82) is 0 Å². The second-order valence-electron chi connectivity index (χ2n) is 6.90. The summed E-state index contributed by atoms with van der Waals surface area (Å²) in [4.78, 5) is 23.4.